The Labute approximate surface area is 166 Å². The monoisotopic (exact) mass is 403 g/mol. The van der Waals surface area contributed by atoms with Gasteiger partial charge in [-0.05, 0) is 41.6 Å². The number of ether oxygens (including phenoxy) is 2. The summed E-state index contributed by atoms with van der Waals surface area (Å²) in [4.78, 5) is 27.8. The maximum atomic E-state index is 13.2. The number of halogens is 1. The van der Waals surface area contributed by atoms with E-state index in [0.717, 1.165) is 4.90 Å². The van der Waals surface area contributed by atoms with E-state index < -0.39 is 0 Å². The van der Waals surface area contributed by atoms with Gasteiger partial charge in [-0.15, -0.1) is 11.8 Å². The second-order valence-electron chi connectivity index (χ2n) is 5.63. The Bertz CT molecular complexity index is 941. The Kier molecular flexibility index (Phi) is 5.77. The minimum absolute atomic E-state index is 0.348. The fourth-order valence-corrected chi connectivity index (χ4v) is 3.92. The molecule has 0 unspecified atom stereocenters. The quantitative estimate of drug-likeness (QED) is 0.669. The van der Waals surface area contributed by atoms with Crippen LogP contribution in [0.3, 0.4) is 0 Å². The number of nitrogens with zero attached hydrogens (tertiary/aromatic N) is 1. The molecule has 0 fully saturated rings. The molecule has 27 heavy (non-hydrogen) atoms. The lowest BCUT2D eigenvalue weighted by Crippen LogP contribution is -2.31. The second-order valence-corrected chi connectivity index (χ2v) is 7.34. The molecule has 0 saturated heterocycles. The van der Waals surface area contributed by atoms with E-state index in [2.05, 4.69) is 0 Å². The van der Waals surface area contributed by atoms with Crippen LogP contribution in [-0.4, -0.2) is 31.8 Å². The second kappa shape index (κ2) is 8.06. The molecule has 1 aliphatic rings. The lowest BCUT2D eigenvalue weighted by atomic mass is 10.1. The minimum atomic E-state index is -0.384. The van der Waals surface area contributed by atoms with E-state index in [1.165, 1.54) is 18.9 Å². The zero-order chi connectivity index (χ0) is 19.6. The van der Waals surface area contributed by atoms with Crippen molar-refractivity contribution in [3.8, 4) is 11.5 Å². The molecule has 0 aromatic heterocycles. The van der Waals surface area contributed by atoms with E-state index in [0.29, 0.717) is 44.0 Å². The molecule has 5 nitrogen and oxygen atoms in total. The number of hydrogen-bond acceptors (Lipinski definition) is 5. The number of rotatable bonds is 6. The smallest absolute Gasteiger partial charge is 0.272 e. The molecule has 0 spiro atoms. The number of thioether (sulfide) groups is 1. The Morgan fingerprint density at radius 2 is 1.74 bits per heavy atom. The number of methoxy groups -OCH3 is 2. The van der Waals surface area contributed by atoms with Gasteiger partial charge in [0.2, 0.25) is 0 Å². The van der Waals surface area contributed by atoms with Gasteiger partial charge in [-0.2, -0.15) is 0 Å². The molecule has 7 heteroatoms. The van der Waals surface area contributed by atoms with Gasteiger partial charge in [0, 0.05) is 5.02 Å². The van der Waals surface area contributed by atoms with Crippen LogP contribution in [0.1, 0.15) is 12.5 Å². The minimum Gasteiger partial charge on any atom is -0.493 e. The summed E-state index contributed by atoms with van der Waals surface area (Å²) >= 11 is 7.39. The normalized spacial score (nSPS) is 14.1. The van der Waals surface area contributed by atoms with Gasteiger partial charge < -0.3 is 9.47 Å². The maximum Gasteiger partial charge on any atom is 0.272 e. The molecular formula is C20H18ClNO4S. The summed E-state index contributed by atoms with van der Waals surface area (Å²) < 4.78 is 10.6. The third kappa shape index (κ3) is 3.55. The SMILES string of the molecule is CCSC1=C(c2ccc(OC)c(OC)c2)C(=O)N(c2cccc(Cl)c2)C1=O. The number of anilines is 1. The van der Waals surface area contributed by atoms with Crippen molar-refractivity contribution in [2.45, 2.75) is 6.92 Å². The first-order valence-electron chi connectivity index (χ1n) is 8.25. The van der Waals surface area contributed by atoms with Crippen LogP contribution >= 0.6 is 23.4 Å². The summed E-state index contributed by atoms with van der Waals surface area (Å²) in [7, 11) is 3.07. The van der Waals surface area contributed by atoms with Crippen molar-refractivity contribution in [1.29, 1.82) is 0 Å². The maximum absolute atomic E-state index is 13.2. The standard InChI is InChI=1S/C20H18ClNO4S/c1-4-27-18-17(12-8-9-15(25-2)16(10-12)26-3)19(23)22(20(18)24)14-7-5-6-13(21)11-14/h5-11H,4H2,1-3H3. The number of benzene rings is 2. The highest BCUT2D eigenvalue weighted by Crippen LogP contribution is 2.40. The molecular weight excluding hydrogens is 386 g/mol. The van der Waals surface area contributed by atoms with E-state index >= 15 is 0 Å². The van der Waals surface area contributed by atoms with Gasteiger partial charge >= 0.3 is 0 Å². The van der Waals surface area contributed by atoms with Gasteiger partial charge in [0.1, 0.15) is 0 Å². The van der Waals surface area contributed by atoms with Gasteiger partial charge in [-0.25, -0.2) is 4.90 Å². The molecule has 1 aliphatic heterocycles. The molecule has 0 saturated carbocycles. The molecule has 2 aromatic carbocycles. The number of carbonyl (C=O) groups is 2. The largest absolute Gasteiger partial charge is 0.493 e. The van der Waals surface area contributed by atoms with Crippen LogP contribution in [0.15, 0.2) is 47.4 Å². The Balaban J connectivity index is 2.11. The highest BCUT2D eigenvalue weighted by Gasteiger charge is 2.40. The van der Waals surface area contributed by atoms with E-state index in [1.54, 1.807) is 49.6 Å². The Morgan fingerprint density at radius 3 is 2.37 bits per heavy atom. The van der Waals surface area contributed by atoms with Gasteiger partial charge in [0.15, 0.2) is 11.5 Å². The predicted octanol–water partition coefficient (Wildman–Crippen LogP) is 4.39. The van der Waals surface area contributed by atoms with Crippen LogP contribution in [0, 0.1) is 0 Å². The van der Waals surface area contributed by atoms with Crippen molar-refractivity contribution in [3.05, 3.63) is 58.0 Å². The fraction of sp³-hybridized carbons (Fsp3) is 0.200. The van der Waals surface area contributed by atoms with Crippen molar-refractivity contribution >= 4 is 46.4 Å². The lowest BCUT2D eigenvalue weighted by Gasteiger charge is -2.15. The highest BCUT2D eigenvalue weighted by atomic mass is 35.5. The average molecular weight is 404 g/mol. The van der Waals surface area contributed by atoms with Crippen LogP contribution < -0.4 is 14.4 Å². The number of imide groups is 1. The van der Waals surface area contributed by atoms with Crippen molar-refractivity contribution in [1.82, 2.24) is 0 Å². The molecule has 2 aromatic rings. The predicted molar refractivity (Wildman–Crippen MR) is 109 cm³/mol. The summed E-state index contributed by atoms with van der Waals surface area (Å²) in [6.45, 7) is 1.93. The summed E-state index contributed by atoms with van der Waals surface area (Å²) in [5.74, 6) is 0.971. The zero-order valence-corrected chi connectivity index (χ0v) is 16.7. The van der Waals surface area contributed by atoms with Gasteiger partial charge in [0.25, 0.3) is 11.8 Å². The van der Waals surface area contributed by atoms with E-state index in [1.807, 2.05) is 6.92 Å². The lowest BCUT2D eigenvalue weighted by molar-refractivity contribution is -0.119. The molecule has 140 valence electrons. The molecule has 0 bridgehead atoms. The third-order valence-electron chi connectivity index (χ3n) is 4.07. The molecule has 0 radical (unpaired) electrons. The highest BCUT2D eigenvalue weighted by molar-refractivity contribution is 8.04. The Hall–Kier alpha value is -2.44. The topological polar surface area (TPSA) is 55.8 Å². The number of hydrogen-bond donors (Lipinski definition) is 0. The van der Waals surface area contributed by atoms with Crippen LogP contribution in [0.4, 0.5) is 5.69 Å². The van der Waals surface area contributed by atoms with Gasteiger partial charge in [0.05, 0.1) is 30.4 Å². The van der Waals surface area contributed by atoms with Crippen LogP contribution in [0.25, 0.3) is 5.57 Å². The first-order chi connectivity index (χ1) is 13.0. The van der Waals surface area contributed by atoms with Crippen LogP contribution in [-0.2, 0) is 9.59 Å². The first kappa shape index (κ1) is 19.3. The third-order valence-corrected chi connectivity index (χ3v) is 5.26. The van der Waals surface area contributed by atoms with Crippen LogP contribution in [0.2, 0.25) is 5.02 Å². The van der Waals surface area contributed by atoms with Crippen molar-refractivity contribution in [3.63, 3.8) is 0 Å². The molecule has 1 heterocycles. The van der Waals surface area contributed by atoms with Crippen LogP contribution in [0.5, 0.6) is 11.5 Å². The van der Waals surface area contributed by atoms with Gasteiger partial charge in [-0.1, -0.05) is 30.7 Å². The molecule has 2 amide bonds. The van der Waals surface area contributed by atoms with E-state index in [9.17, 15) is 9.59 Å². The zero-order valence-electron chi connectivity index (χ0n) is 15.1. The van der Waals surface area contributed by atoms with E-state index in [-0.39, 0.29) is 11.8 Å². The molecule has 0 aliphatic carbocycles. The average Bonchev–Trinajstić information content (AvgIpc) is 2.91. The number of carbonyl (C=O) groups excluding carboxylic acids is 2. The fourth-order valence-electron chi connectivity index (χ4n) is 2.88. The van der Waals surface area contributed by atoms with Crippen molar-refractivity contribution in [2.24, 2.45) is 0 Å². The summed E-state index contributed by atoms with van der Waals surface area (Å²) in [6, 6.07) is 11.9. The summed E-state index contributed by atoms with van der Waals surface area (Å²) in [5.41, 5.74) is 1.40. The first-order valence-corrected chi connectivity index (χ1v) is 9.62. The Morgan fingerprint density at radius 1 is 1.00 bits per heavy atom. The molecule has 3 rings (SSSR count). The molecule has 0 N–H and O–H groups in total. The summed E-state index contributed by atoms with van der Waals surface area (Å²) in [6.07, 6.45) is 0. The summed E-state index contributed by atoms with van der Waals surface area (Å²) in [5, 5.41) is 0.456. The van der Waals surface area contributed by atoms with Crippen molar-refractivity contribution in [2.75, 3.05) is 24.9 Å². The van der Waals surface area contributed by atoms with E-state index in [4.69, 9.17) is 21.1 Å². The number of amides is 2. The molecule has 0 atom stereocenters. The van der Waals surface area contributed by atoms with Crippen molar-refractivity contribution < 1.29 is 19.1 Å². The van der Waals surface area contributed by atoms with Gasteiger partial charge in [-0.3, -0.25) is 9.59 Å².